The van der Waals surface area contributed by atoms with Crippen molar-refractivity contribution < 1.29 is 27.5 Å². The molecular weight excluding hydrogens is 347 g/mol. The minimum Gasteiger partial charge on any atom is -0.462 e. The van der Waals surface area contributed by atoms with Gasteiger partial charge in [-0.3, -0.25) is 4.79 Å². The van der Waals surface area contributed by atoms with Crippen molar-refractivity contribution in [1.82, 2.24) is 5.32 Å². The molecule has 138 valence electrons. The smallest absolute Gasteiger partial charge is 0.405 e. The summed E-state index contributed by atoms with van der Waals surface area (Å²) in [4.78, 5) is 24.1. The second kappa shape index (κ2) is 9.03. The number of hydrogen-bond acceptors (Lipinski definition) is 3. The van der Waals surface area contributed by atoms with E-state index in [0.29, 0.717) is 11.1 Å². The molecule has 0 bridgehead atoms. The molecule has 0 aliphatic carbocycles. The van der Waals surface area contributed by atoms with Crippen molar-refractivity contribution in [1.29, 1.82) is 0 Å². The van der Waals surface area contributed by atoms with Crippen LogP contribution in [0.4, 0.5) is 13.2 Å². The first-order chi connectivity index (χ1) is 12.4. The molecule has 0 heterocycles. The third-order valence-corrected chi connectivity index (χ3v) is 3.63. The Morgan fingerprint density at radius 1 is 0.962 bits per heavy atom. The SMILES string of the molecule is O=C(OCCC(C(=O)NCC(F)(F)F)c1ccccc1)c1ccccc1. The average Bonchev–Trinajstić information content (AvgIpc) is 2.64. The van der Waals surface area contributed by atoms with Crippen LogP contribution < -0.4 is 5.32 Å². The van der Waals surface area contributed by atoms with Gasteiger partial charge in [-0.1, -0.05) is 48.5 Å². The lowest BCUT2D eigenvalue weighted by Crippen LogP contribution is -2.37. The van der Waals surface area contributed by atoms with E-state index in [1.165, 1.54) is 0 Å². The molecule has 1 N–H and O–H groups in total. The van der Waals surface area contributed by atoms with Crippen LogP contribution in [0.1, 0.15) is 28.3 Å². The predicted molar refractivity (Wildman–Crippen MR) is 89.6 cm³/mol. The van der Waals surface area contributed by atoms with Gasteiger partial charge in [-0.2, -0.15) is 13.2 Å². The van der Waals surface area contributed by atoms with E-state index in [1.54, 1.807) is 60.7 Å². The van der Waals surface area contributed by atoms with Gasteiger partial charge < -0.3 is 10.1 Å². The molecule has 1 atom stereocenters. The summed E-state index contributed by atoms with van der Waals surface area (Å²) in [6.07, 6.45) is -4.41. The van der Waals surface area contributed by atoms with Gasteiger partial charge in [0, 0.05) is 0 Å². The topological polar surface area (TPSA) is 55.4 Å². The lowest BCUT2D eigenvalue weighted by Gasteiger charge is -2.18. The summed E-state index contributed by atoms with van der Waals surface area (Å²) in [6, 6.07) is 16.7. The number of alkyl halides is 3. The average molecular weight is 365 g/mol. The highest BCUT2D eigenvalue weighted by molar-refractivity contribution is 5.89. The van der Waals surface area contributed by atoms with E-state index < -0.39 is 30.5 Å². The van der Waals surface area contributed by atoms with Crippen LogP contribution in [0.15, 0.2) is 60.7 Å². The van der Waals surface area contributed by atoms with Crippen LogP contribution in [0.25, 0.3) is 0 Å². The Morgan fingerprint density at radius 2 is 1.54 bits per heavy atom. The number of rotatable bonds is 7. The lowest BCUT2D eigenvalue weighted by molar-refractivity contribution is -0.139. The number of amides is 1. The molecule has 2 rings (SSSR count). The Bertz CT molecular complexity index is 718. The fourth-order valence-corrected chi connectivity index (χ4v) is 2.37. The zero-order valence-corrected chi connectivity index (χ0v) is 13.8. The second-order valence-electron chi connectivity index (χ2n) is 5.59. The van der Waals surface area contributed by atoms with Crippen LogP contribution in [-0.2, 0) is 9.53 Å². The first-order valence-corrected chi connectivity index (χ1v) is 7.98. The number of nitrogens with one attached hydrogen (secondary N) is 1. The first kappa shape index (κ1) is 19.5. The Balaban J connectivity index is 1.98. The third kappa shape index (κ3) is 6.23. The number of hydrogen-bond donors (Lipinski definition) is 1. The van der Waals surface area contributed by atoms with Crippen LogP contribution in [0.3, 0.4) is 0 Å². The summed E-state index contributed by atoms with van der Waals surface area (Å²) < 4.78 is 42.2. The minimum absolute atomic E-state index is 0.0757. The van der Waals surface area contributed by atoms with Gasteiger partial charge in [0.2, 0.25) is 5.91 Å². The Morgan fingerprint density at radius 3 is 2.12 bits per heavy atom. The fourth-order valence-electron chi connectivity index (χ4n) is 2.37. The van der Waals surface area contributed by atoms with Crippen molar-refractivity contribution in [3.05, 3.63) is 71.8 Å². The zero-order valence-electron chi connectivity index (χ0n) is 13.8. The molecule has 0 aliphatic heterocycles. The number of ether oxygens (including phenoxy) is 1. The number of halogens is 3. The van der Waals surface area contributed by atoms with Crippen molar-refractivity contribution >= 4 is 11.9 Å². The largest absolute Gasteiger partial charge is 0.462 e. The van der Waals surface area contributed by atoms with E-state index in [2.05, 4.69) is 0 Å². The van der Waals surface area contributed by atoms with Gasteiger partial charge in [-0.05, 0) is 24.1 Å². The minimum atomic E-state index is -4.49. The molecule has 2 aromatic carbocycles. The molecule has 26 heavy (non-hydrogen) atoms. The molecule has 1 unspecified atom stereocenters. The number of benzene rings is 2. The maximum atomic E-state index is 12.3. The molecule has 0 saturated carbocycles. The standard InChI is InChI=1S/C19H18F3NO3/c20-19(21,22)13-23-17(24)16(14-7-3-1-4-8-14)11-12-26-18(25)15-9-5-2-6-10-15/h1-10,16H,11-13H2,(H,23,24). The predicted octanol–water partition coefficient (Wildman–Crippen LogP) is 3.70. The van der Waals surface area contributed by atoms with Crippen molar-refractivity contribution in [2.75, 3.05) is 13.2 Å². The molecule has 0 spiro atoms. The highest BCUT2D eigenvalue weighted by Gasteiger charge is 2.30. The molecule has 0 fully saturated rings. The maximum absolute atomic E-state index is 12.3. The summed E-state index contributed by atoms with van der Waals surface area (Å²) in [5.74, 6) is -2.15. The fraction of sp³-hybridized carbons (Fsp3) is 0.263. The third-order valence-electron chi connectivity index (χ3n) is 3.63. The molecule has 1 amide bonds. The molecule has 0 aliphatic rings. The van der Waals surface area contributed by atoms with Crippen LogP contribution in [0.2, 0.25) is 0 Å². The van der Waals surface area contributed by atoms with Gasteiger partial charge in [0.1, 0.15) is 6.54 Å². The van der Waals surface area contributed by atoms with E-state index in [4.69, 9.17) is 4.74 Å². The normalized spacial score (nSPS) is 12.3. The van der Waals surface area contributed by atoms with Gasteiger partial charge in [0.15, 0.2) is 0 Å². The molecule has 2 aromatic rings. The lowest BCUT2D eigenvalue weighted by atomic mass is 9.95. The van der Waals surface area contributed by atoms with Gasteiger partial charge in [-0.25, -0.2) is 4.79 Å². The molecule has 0 aromatic heterocycles. The summed E-state index contributed by atoms with van der Waals surface area (Å²) in [6.45, 7) is -1.49. The summed E-state index contributed by atoms with van der Waals surface area (Å²) in [5, 5.41) is 1.89. The zero-order chi connectivity index (χ0) is 19.0. The van der Waals surface area contributed by atoms with Crippen LogP contribution in [0.5, 0.6) is 0 Å². The summed E-state index contributed by atoms with van der Waals surface area (Å²) >= 11 is 0. The van der Waals surface area contributed by atoms with E-state index in [-0.39, 0.29) is 13.0 Å². The van der Waals surface area contributed by atoms with E-state index in [9.17, 15) is 22.8 Å². The monoisotopic (exact) mass is 365 g/mol. The first-order valence-electron chi connectivity index (χ1n) is 7.98. The summed E-state index contributed by atoms with van der Waals surface area (Å²) in [7, 11) is 0. The van der Waals surface area contributed by atoms with Crippen molar-refractivity contribution in [2.45, 2.75) is 18.5 Å². The van der Waals surface area contributed by atoms with Crippen LogP contribution in [0, 0.1) is 0 Å². The van der Waals surface area contributed by atoms with Gasteiger partial charge in [-0.15, -0.1) is 0 Å². The number of carbonyl (C=O) groups excluding carboxylic acids is 2. The Hall–Kier alpha value is -2.83. The van der Waals surface area contributed by atoms with Crippen molar-refractivity contribution in [3.8, 4) is 0 Å². The van der Waals surface area contributed by atoms with Gasteiger partial charge in [0.05, 0.1) is 18.1 Å². The second-order valence-corrected chi connectivity index (χ2v) is 5.59. The van der Waals surface area contributed by atoms with E-state index >= 15 is 0 Å². The van der Waals surface area contributed by atoms with Crippen LogP contribution >= 0.6 is 0 Å². The number of esters is 1. The molecular formula is C19H18F3NO3. The highest BCUT2D eigenvalue weighted by Crippen LogP contribution is 2.21. The molecule has 7 heteroatoms. The van der Waals surface area contributed by atoms with Crippen molar-refractivity contribution in [3.63, 3.8) is 0 Å². The molecule has 4 nitrogen and oxygen atoms in total. The Kier molecular flexibility index (Phi) is 6.77. The number of carbonyl (C=O) groups is 2. The van der Waals surface area contributed by atoms with E-state index in [1.807, 2.05) is 5.32 Å². The van der Waals surface area contributed by atoms with Gasteiger partial charge in [0.25, 0.3) is 0 Å². The molecule has 0 saturated heterocycles. The van der Waals surface area contributed by atoms with Crippen molar-refractivity contribution in [2.24, 2.45) is 0 Å². The van der Waals surface area contributed by atoms with E-state index in [0.717, 1.165) is 0 Å². The maximum Gasteiger partial charge on any atom is 0.405 e. The van der Waals surface area contributed by atoms with Gasteiger partial charge >= 0.3 is 12.1 Å². The summed E-state index contributed by atoms with van der Waals surface area (Å²) in [5.41, 5.74) is 0.924. The van der Waals surface area contributed by atoms with Crippen LogP contribution in [-0.4, -0.2) is 31.2 Å². The molecule has 0 radical (unpaired) electrons. The highest BCUT2D eigenvalue weighted by atomic mass is 19.4. The Labute approximate surface area is 149 Å². The quantitative estimate of drug-likeness (QED) is 0.762.